The van der Waals surface area contributed by atoms with Gasteiger partial charge < -0.3 is 10.2 Å². The second-order valence-electron chi connectivity index (χ2n) is 5.20. The lowest BCUT2D eigenvalue weighted by Gasteiger charge is -2.33. The molecule has 18 heavy (non-hydrogen) atoms. The molecule has 1 heterocycles. The van der Waals surface area contributed by atoms with Crippen LogP contribution < -0.4 is 5.32 Å². The summed E-state index contributed by atoms with van der Waals surface area (Å²) in [6.07, 6.45) is 2.57. The minimum absolute atomic E-state index is 0.522. The van der Waals surface area contributed by atoms with E-state index in [1.165, 1.54) is 35.2 Å². The number of likely N-dealkylation sites (tertiary alicyclic amines) is 1. The second-order valence-corrected chi connectivity index (χ2v) is 6.80. The summed E-state index contributed by atoms with van der Waals surface area (Å²) in [5.41, 5.74) is 1.20. The van der Waals surface area contributed by atoms with Gasteiger partial charge in [-0.2, -0.15) is 0 Å². The zero-order valence-electron chi connectivity index (χ0n) is 10.9. The average Bonchev–Trinajstić information content (AvgIpc) is 2.33. The van der Waals surface area contributed by atoms with Gasteiger partial charge in [0.25, 0.3) is 0 Å². The Bertz CT molecular complexity index is 403. The molecule has 1 N–H and O–H groups in total. The fourth-order valence-corrected chi connectivity index (χ4v) is 3.53. The lowest BCUT2D eigenvalue weighted by molar-refractivity contribution is 0.208. The summed E-state index contributed by atoms with van der Waals surface area (Å²) in [7, 11) is 2.20. The molecule has 1 fully saturated rings. The van der Waals surface area contributed by atoms with Crippen LogP contribution in [0.1, 0.15) is 19.8 Å². The third-order valence-electron chi connectivity index (χ3n) is 3.78. The number of nitrogens with one attached hydrogen (secondary N) is 1. The normalized spacial score (nSPS) is 19.8. The van der Waals surface area contributed by atoms with Gasteiger partial charge in [-0.25, -0.2) is 0 Å². The van der Waals surface area contributed by atoms with E-state index in [2.05, 4.69) is 52.8 Å². The first-order valence-corrected chi connectivity index (χ1v) is 7.92. The van der Waals surface area contributed by atoms with Crippen LogP contribution >= 0.6 is 34.2 Å². The number of hydrogen-bond acceptors (Lipinski definition) is 2. The van der Waals surface area contributed by atoms with Gasteiger partial charge in [-0.05, 0) is 86.6 Å². The van der Waals surface area contributed by atoms with Crippen molar-refractivity contribution in [2.45, 2.75) is 25.8 Å². The number of rotatable bonds is 3. The summed E-state index contributed by atoms with van der Waals surface area (Å²) < 4.78 is 1.19. The molecule has 1 aromatic carbocycles. The fourth-order valence-electron chi connectivity index (χ4n) is 2.50. The molecule has 1 atom stereocenters. The first-order chi connectivity index (χ1) is 8.56. The predicted molar refractivity (Wildman–Crippen MR) is 87.5 cm³/mol. The van der Waals surface area contributed by atoms with Crippen LogP contribution in [0.4, 0.5) is 5.69 Å². The smallest absolute Gasteiger partial charge is 0.0479 e. The number of benzene rings is 1. The highest BCUT2D eigenvalue weighted by Crippen LogP contribution is 2.26. The van der Waals surface area contributed by atoms with Crippen molar-refractivity contribution in [3.05, 3.63) is 26.8 Å². The highest BCUT2D eigenvalue weighted by atomic mass is 127. The monoisotopic (exact) mass is 378 g/mol. The standard InChI is InChI=1S/C14H20ClIN2/c1-10(11-5-7-18(2)8-6-11)17-14-4-3-12(15)9-13(14)16/h3-4,9-11,17H,5-8H2,1-2H3. The van der Waals surface area contributed by atoms with Crippen molar-refractivity contribution in [1.82, 2.24) is 4.90 Å². The molecular weight excluding hydrogens is 359 g/mol. The molecule has 0 radical (unpaired) electrons. The van der Waals surface area contributed by atoms with E-state index in [1.54, 1.807) is 0 Å². The topological polar surface area (TPSA) is 15.3 Å². The SMILES string of the molecule is CC(Nc1ccc(Cl)cc1I)C1CCN(C)CC1. The molecule has 2 nitrogen and oxygen atoms in total. The number of hydrogen-bond donors (Lipinski definition) is 1. The highest BCUT2D eigenvalue weighted by molar-refractivity contribution is 14.1. The van der Waals surface area contributed by atoms with Crippen molar-refractivity contribution in [1.29, 1.82) is 0 Å². The molecule has 0 bridgehead atoms. The van der Waals surface area contributed by atoms with Crippen molar-refractivity contribution in [3.8, 4) is 0 Å². The van der Waals surface area contributed by atoms with Gasteiger partial charge in [0.2, 0.25) is 0 Å². The van der Waals surface area contributed by atoms with E-state index in [4.69, 9.17) is 11.6 Å². The molecule has 0 amide bonds. The fraction of sp³-hybridized carbons (Fsp3) is 0.571. The second kappa shape index (κ2) is 6.44. The van der Waals surface area contributed by atoms with Crippen LogP contribution in [0.3, 0.4) is 0 Å². The molecule has 1 unspecified atom stereocenters. The molecule has 1 saturated heterocycles. The Morgan fingerprint density at radius 2 is 2.06 bits per heavy atom. The van der Waals surface area contributed by atoms with E-state index in [9.17, 15) is 0 Å². The highest BCUT2D eigenvalue weighted by Gasteiger charge is 2.22. The Kier molecular flexibility index (Phi) is 5.15. The summed E-state index contributed by atoms with van der Waals surface area (Å²) >= 11 is 8.32. The Morgan fingerprint density at radius 3 is 2.67 bits per heavy atom. The van der Waals surface area contributed by atoms with Gasteiger partial charge in [-0.15, -0.1) is 0 Å². The molecule has 1 aliphatic rings. The molecule has 0 spiro atoms. The van der Waals surface area contributed by atoms with Crippen molar-refractivity contribution in [2.75, 3.05) is 25.5 Å². The zero-order chi connectivity index (χ0) is 13.1. The predicted octanol–water partition coefficient (Wildman–Crippen LogP) is 4.09. The first kappa shape index (κ1) is 14.4. The maximum absolute atomic E-state index is 5.98. The van der Waals surface area contributed by atoms with Crippen molar-refractivity contribution in [3.63, 3.8) is 0 Å². The van der Waals surface area contributed by atoms with Crippen molar-refractivity contribution >= 4 is 39.9 Å². The summed E-state index contributed by atoms with van der Waals surface area (Å²) in [6, 6.07) is 6.56. The van der Waals surface area contributed by atoms with Crippen molar-refractivity contribution in [2.24, 2.45) is 5.92 Å². The van der Waals surface area contributed by atoms with Gasteiger partial charge in [0.05, 0.1) is 0 Å². The van der Waals surface area contributed by atoms with E-state index in [0.717, 1.165) is 10.9 Å². The van der Waals surface area contributed by atoms with E-state index in [1.807, 2.05) is 12.1 Å². The van der Waals surface area contributed by atoms with Crippen LogP contribution in [0, 0.1) is 9.49 Å². The quantitative estimate of drug-likeness (QED) is 0.797. The van der Waals surface area contributed by atoms with Gasteiger partial charge in [-0.3, -0.25) is 0 Å². The van der Waals surface area contributed by atoms with Crippen LogP contribution in [0.2, 0.25) is 5.02 Å². The summed E-state index contributed by atoms with van der Waals surface area (Å²) in [6.45, 7) is 4.73. The van der Waals surface area contributed by atoms with E-state index in [0.29, 0.717) is 6.04 Å². The van der Waals surface area contributed by atoms with Crippen LogP contribution in [0.15, 0.2) is 18.2 Å². The minimum atomic E-state index is 0.522. The van der Waals surface area contributed by atoms with E-state index in [-0.39, 0.29) is 0 Å². The number of halogens is 2. The van der Waals surface area contributed by atoms with E-state index >= 15 is 0 Å². The molecule has 0 aromatic heterocycles. The van der Waals surface area contributed by atoms with Gasteiger partial charge in [-0.1, -0.05) is 11.6 Å². The minimum Gasteiger partial charge on any atom is -0.381 e. The van der Waals surface area contributed by atoms with Gasteiger partial charge in [0.15, 0.2) is 0 Å². The molecule has 0 aliphatic carbocycles. The Labute approximate surface area is 128 Å². The Hall–Kier alpha value is -0.0000000000000000763. The molecule has 1 aromatic rings. The summed E-state index contributed by atoms with van der Waals surface area (Å²) in [5.74, 6) is 0.771. The summed E-state index contributed by atoms with van der Waals surface area (Å²) in [5, 5.41) is 4.44. The van der Waals surface area contributed by atoms with Gasteiger partial charge in [0, 0.05) is 20.3 Å². The van der Waals surface area contributed by atoms with E-state index < -0.39 is 0 Å². The molecule has 100 valence electrons. The molecule has 1 aliphatic heterocycles. The zero-order valence-corrected chi connectivity index (χ0v) is 13.8. The molecule has 2 rings (SSSR count). The van der Waals surface area contributed by atoms with Gasteiger partial charge >= 0.3 is 0 Å². The Balaban J connectivity index is 1.96. The van der Waals surface area contributed by atoms with Crippen LogP contribution in [-0.4, -0.2) is 31.1 Å². The molecule has 0 saturated carbocycles. The average molecular weight is 379 g/mol. The van der Waals surface area contributed by atoms with Crippen LogP contribution in [0.5, 0.6) is 0 Å². The largest absolute Gasteiger partial charge is 0.381 e. The van der Waals surface area contributed by atoms with Crippen LogP contribution in [0.25, 0.3) is 0 Å². The number of anilines is 1. The third-order valence-corrected chi connectivity index (χ3v) is 4.91. The van der Waals surface area contributed by atoms with Crippen molar-refractivity contribution < 1.29 is 0 Å². The third kappa shape index (κ3) is 3.75. The lowest BCUT2D eigenvalue weighted by Crippen LogP contribution is -2.37. The molecular formula is C14H20ClIN2. The van der Waals surface area contributed by atoms with Gasteiger partial charge in [0.1, 0.15) is 0 Å². The number of nitrogens with zero attached hydrogens (tertiary/aromatic N) is 1. The lowest BCUT2D eigenvalue weighted by atomic mass is 9.90. The Morgan fingerprint density at radius 1 is 1.39 bits per heavy atom. The number of piperidine rings is 1. The summed E-state index contributed by atoms with van der Waals surface area (Å²) in [4.78, 5) is 2.41. The maximum Gasteiger partial charge on any atom is 0.0479 e. The van der Waals surface area contributed by atoms with Crippen LogP contribution in [-0.2, 0) is 0 Å². The molecule has 4 heteroatoms. The first-order valence-electron chi connectivity index (χ1n) is 6.46. The maximum atomic E-state index is 5.98.